The first kappa shape index (κ1) is 29.6. The van der Waals surface area contributed by atoms with Gasteiger partial charge in [0.25, 0.3) is 0 Å². The third kappa shape index (κ3) is 4.27. The Morgan fingerprint density at radius 3 is 2.24 bits per heavy atom. The Balaban J connectivity index is 1.85. The van der Waals surface area contributed by atoms with E-state index >= 15 is 0 Å². The SMILES string of the molecule is CC(=O)O[C@H]1C[C@@]2(C)[C@@H](CC[C@H]3[C@@]4(C)CC[C@@H](C)[C@@H](C)[C@@H]4[C@@H](C)[C@H](O)[C@@]32C)/C1=C(\CCC=C(C)C)C(C)=O. The highest BCUT2D eigenvalue weighted by Gasteiger charge is 2.72. The van der Waals surface area contributed by atoms with Crippen LogP contribution in [-0.4, -0.2) is 29.1 Å². The third-order valence-electron chi connectivity index (χ3n) is 12.7. The molecule has 0 aliphatic heterocycles. The van der Waals surface area contributed by atoms with Crippen LogP contribution in [-0.2, 0) is 14.3 Å². The molecule has 1 N–H and O–H groups in total. The fourth-order valence-corrected chi connectivity index (χ4v) is 10.8. The average molecular weight is 527 g/mol. The van der Waals surface area contributed by atoms with Gasteiger partial charge in [-0.2, -0.15) is 0 Å². The van der Waals surface area contributed by atoms with E-state index in [0.717, 1.165) is 30.4 Å². The lowest BCUT2D eigenvalue weighted by Crippen LogP contribution is -2.69. The zero-order chi connectivity index (χ0) is 28.4. The zero-order valence-corrected chi connectivity index (χ0v) is 25.8. The summed E-state index contributed by atoms with van der Waals surface area (Å²) in [7, 11) is 0. The molecule has 0 aromatic rings. The number of aliphatic hydroxyl groups is 1. The Morgan fingerprint density at radius 2 is 1.66 bits per heavy atom. The lowest BCUT2D eigenvalue weighted by atomic mass is 9.34. The Morgan fingerprint density at radius 1 is 1.00 bits per heavy atom. The van der Waals surface area contributed by atoms with Gasteiger partial charge in [0.1, 0.15) is 6.10 Å². The van der Waals surface area contributed by atoms with Crippen molar-refractivity contribution in [2.45, 2.75) is 126 Å². The topological polar surface area (TPSA) is 63.6 Å². The molecule has 0 unspecified atom stereocenters. The minimum Gasteiger partial charge on any atom is -0.458 e. The summed E-state index contributed by atoms with van der Waals surface area (Å²) in [5, 5.41) is 12.3. The molecule has 4 nitrogen and oxygen atoms in total. The van der Waals surface area contributed by atoms with E-state index in [2.05, 4.69) is 61.5 Å². The van der Waals surface area contributed by atoms with E-state index in [1.165, 1.54) is 25.3 Å². The largest absolute Gasteiger partial charge is 0.458 e. The average Bonchev–Trinajstić information content (AvgIpc) is 3.09. The van der Waals surface area contributed by atoms with Crippen molar-refractivity contribution < 1.29 is 19.4 Å². The molecule has 4 aliphatic rings. The number of rotatable bonds is 5. The maximum atomic E-state index is 13.1. The van der Waals surface area contributed by atoms with Gasteiger partial charge in [-0.25, -0.2) is 0 Å². The van der Waals surface area contributed by atoms with Gasteiger partial charge in [0, 0.05) is 12.3 Å². The van der Waals surface area contributed by atoms with Crippen LogP contribution in [0.5, 0.6) is 0 Å². The summed E-state index contributed by atoms with van der Waals surface area (Å²) in [4.78, 5) is 25.5. The molecule has 4 aliphatic carbocycles. The van der Waals surface area contributed by atoms with Gasteiger partial charge >= 0.3 is 5.97 Å². The van der Waals surface area contributed by atoms with E-state index in [0.29, 0.717) is 36.5 Å². The summed E-state index contributed by atoms with van der Waals surface area (Å²) < 4.78 is 6.04. The van der Waals surface area contributed by atoms with Gasteiger partial charge in [-0.05, 0) is 123 Å². The highest BCUT2D eigenvalue weighted by Crippen LogP contribution is 2.75. The van der Waals surface area contributed by atoms with Crippen LogP contribution in [0.1, 0.15) is 114 Å². The van der Waals surface area contributed by atoms with Gasteiger partial charge in [-0.3, -0.25) is 9.59 Å². The van der Waals surface area contributed by atoms with Crippen molar-refractivity contribution in [3.05, 3.63) is 22.8 Å². The molecule has 0 aromatic carbocycles. The molecular weight excluding hydrogens is 472 g/mol. The molecule has 0 spiro atoms. The summed E-state index contributed by atoms with van der Waals surface area (Å²) >= 11 is 0. The number of ether oxygens (including phenoxy) is 1. The predicted molar refractivity (Wildman–Crippen MR) is 153 cm³/mol. The molecule has 0 heterocycles. The molecule has 0 bridgehead atoms. The maximum absolute atomic E-state index is 13.1. The fraction of sp³-hybridized carbons (Fsp3) is 0.824. The number of Topliss-reactive ketones (excluding diaryl/α,β-unsaturated/α-hetero) is 1. The van der Waals surface area contributed by atoms with Crippen LogP contribution < -0.4 is 0 Å². The minimum atomic E-state index is -0.421. The quantitative estimate of drug-likeness (QED) is 0.227. The second-order valence-electron chi connectivity index (χ2n) is 14.7. The maximum Gasteiger partial charge on any atom is 0.303 e. The van der Waals surface area contributed by atoms with Crippen molar-refractivity contribution in [3.8, 4) is 0 Å². The standard InChI is InChI=1S/C34H54O4/c1-19(2)12-11-13-25(23(6)35)29-26-14-15-28-32(8)17-16-20(3)21(4)30(32)22(5)31(37)34(28,10)33(26,9)18-27(29)38-24(7)36/h12,20-22,26-28,30-31,37H,11,13-18H2,1-10H3/b29-25-/t20-,21-,22-,26+,27+,28+,30-,31+,32-,33+,34-/m1/s1. The highest BCUT2D eigenvalue weighted by atomic mass is 16.5. The van der Waals surface area contributed by atoms with Crippen molar-refractivity contribution in [3.63, 3.8) is 0 Å². The molecule has 0 amide bonds. The molecule has 0 saturated heterocycles. The van der Waals surface area contributed by atoms with Crippen LogP contribution >= 0.6 is 0 Å². The van der Waals surface area contributed by atoms with Crippen LogP contribution in [0.4, 0.5) is 0 Å². The Labute approximate surface area is 232 Å². The van der Waals surface area contributed by atoms with Gasteiger partial charge in [-0.1, -0.05) is 53.2 Å². The first-order valence-corrected chi connectivity index (χ1v) is 15.3. The summed E-state index contributed by atoms with van der Waals surface area (Å²) in [6.45, 7) is 21.7. The molecule has 11 atom stereocenters. The number of hydrogen-bond donors (Lipinski definition) is 1. The van der Waals surface area contributed by atoms with Gasteiger partial charge in [-0.15, -0.1) is 0 Å². The first-order chi connectivity index (χ1) is 17.6. The summed E-state index contributed by atoms with van der Waals surface area (Å²) in [6, 6.07) is 0. The number of carbonyl (C=O) groups is 2. The highest BCUT2D eigenvalue weighted by molar-refractivity contribution is 5.94. The number of aliphatic hydroxyl groups excluding tert-OH is 1. The first-order valence-electron chi connectivity index (χ1n) is 15.3. The molecule has 0 aromatic heterocycles. The molecule has 38 heavy (non-hydrogen) atoms. The number of fused-ring (bicyclic) bond motifs is 5. The second kappa shape index (κ2) is 10.2. The van der Waals surface area contributed by atoms with E-state index in [1.54, 1.807) is 6.92 Å². The van der Waals surface area contributed by atoms with Crippen LogP contribution in [0, 0.1) is 51.8 Å². The second-order valence-corrected chi connectivity index (χ2v) is 14.7. The van der Waals surface area contributed by atoms with Crippen molar-refractivity contribution in [1.29, 1.82) is 0 Å². The normalized spacial score (nSPS) is 47.3. The van der Waals surface area contributed by atoms with E-state index in [-0.39, 0.29) is 45.9 Å². The number of ketones is 1. The molecule has 4 saturated carbocycles. The summed E-state index contributed by atoms with van der Waals surface area (Å²) in [6.07, 6.45) is 8.09. The molecule has 4 rings (SSSR count). The predicted octanol–water partition coefficient (Wildman–Crippen LogP) is 7.69. The van der Waals surface area contributed by atoms with E-state index in [9.17, 15) is 14.7 Å². The van der Waals surface area contributed by atoms with Crippen molar-refractivity contribution in [2.24, 2.45) is 51.8 Å². The van der Waals surface area contributed by atoms with Crippen LogP contribution in [0.2, 0.25) is 0 Å². The van der Waals surface area contributed by atoms with E-state index in [1.807, 2.05) is 0 Å². The van der Waals surface area contributed by atoms with Gasteiger partial charge in [0.15, 0.2) is 5.78 Å². The van der Waals surface area contributed by atoms with Crippen molar-refractivity contribution in [1.82, 2.24) is 0 Å². The fourth-order valence-electron chi connectivity index (χ4n) is 10.8. The van der Waals surface area contributed by atoms with Crippen LogP contribution in [0.3, 0.4) is 0 Å². The number of hydrogen-bond acceptors (Lipinski definition) is 4. The van der Waals surface area contributed by atoms with E-state index < -0.39 is 6.10 Å². The van der Waals surface area contributed by atoms with Crippen molar-refractivity contribution >= 4 is 11.8 Å². The number of carbonyl (C=O) groups excluding carboxylic acids is 2. The van der Waals surface area contributed by atoms with Gasteiger partial charge in [0.05, 0.1) is 6.10 Å². The van der Waals surface area contributed by atoms with E-state index in [4.69, 9.17) is 4.74 Å². The molecular formula is C34H54O4. The van der Waals surface area contributed by atoms with Crippen molar-refractivity contribution in [2.75, 3.05) is 0 Å². The summed E-state index contributed by atoms with van der Waals surface area (Å²) in [5.74, 6) is 2.36. The lowest BCUT2D eigenvalue weighted by molar-refractivity contribution is -0.263. The zero-order valence-electron chi connectivity index (χ0n) is 25.8. The monoisotopic (exact) mass is 526 g/mol. The van der Waals surface area contributed by atoms with Crippen LogP contribution in [0.25, 0.3) is 0 Å². The molecule has 4 heteroatoms. The Kier molecular flexibility index (Phi) is 7.94. The van der Waals surface area contributed by atoms with Gasteiger partial charge < -0.3 is 9.84 Å². The molecule has 214 valence electrons. The smallest absolute Gasteiger partial charge is 0.303 e. The Hall–Kier alpha value is -1.42. The summed E-state index contributed by atoms with van der Waals surface area (Å²) in [5.41, 5.74) is 2.78. The molecule has 0 radical (unpaired) electrons. The minimum absolute atomic E-state index is 0.0931. The molecule has 4 fully saturated rings. The van der Waals surface area contributed by atoms with Crippen LogP contribution in [0.15, 0.2) is 22.8 Å². The number of allylic oxidation sites excluding steroid dienone is 3. The number of esters is 1. The third-order valence-corrected chi connectivity index (χ3v) is 12.7. The van der Waals surface area contributed by atoms with Gasteiger partial charge in [0.2, 0.25) is 0 Å². The lowest BCUT2D eigenvalue weighted by Gasteiger charge is -2.71. The Bertz CT molecular complexity index is 1020.